The van der Waals surface area contributed by atoms with E-state index in [1.54, 1.807) is 11.0 Å². The number of halogens is 2. The molecular formula is C17H13Cl2N5O. The molecule has 8 heteroatoms. The zero-order chi connectivity index (χ0) is 17.7. The van der Waals surface area contributed by atoms with E-state index in [-0.39, 0.29) is 23.5 Å². The van der Waals surface area contributed by atoms with Gasteiger partial charge in [-0.25, -0.2) is 4.98 Å². The van der Waals surface area contributed by atoms with Crippen molar-refractivity contribution in [3.63, 3.8) is 0 Å². The van der Waals surface area contributed by atoms with Crippen LogP contribution in [-0.4, -0.2) is 32.3 Å². The van der Waals surface area contributed by atoms with Crippen LogP contribution in [0.3, 0.4) is 0 Å². The third kappa shape index (κ3) is 2.39. The first-order chi connectivity index (χ1) is 12.0. The lowest BCUT2D eigenvalue weighted by molar-refractivity contribution is 0.0667. The lowest BCUT2D eigenvalue weighted by Crippen LogP contribution is -2.39. The fourth-order valence-electron chi connectivity index (χ4n) is 3.43. The summed E-state index contributed by atoms with van der Waals surface area (Å²) in [5.41, 5.74) is 3.17. The highest BCUT2D eigenvalue weighted by Crippen LogP contribution is 2.40. The summed E-state index contributed by atoms with van der Waals surface area (Å²) in [5, 5.41) is 10.8. The molecule has 1 aliphatic heterocycles. The van der Waals surface area contributed by atoms with Crippen LogP contribution in [0, 0.1) is 11.3 Å². The van der Waals surface area contributed by atoms with E-state index in [9.17, 15) is 4.79 Å². The van der Waals surface area contributed by atoms with Crippen LogP contribution in [0.1, 0.15) is 40.5 Å². The first-order valence-corrected chi connectivity index (χ1v) is 8.51. The van der Waals surface area contributed by atoms with E-state index in [4.69, 9.17) is 28.5 Å². The Morgan fingerprint density at radius 2 is 2.20 bits per heavy atom. The van der Waals surface area contributed by atoms with Gasteiger partial charge in [0.2, 0.25) is 0 Å². The Balaban J connectivity index is 1.76. The van der Waals surface area contributed by atoms with Crippen LogP contribution in [-0.2, 0) is 6.42 Å². The molecule has 0 fully saturated rings. The van der Waals surface area contributed by atoms with E-state index in [1.165, 1.54) is 6.20 Å². The van der Waals surface area contributed by atoms with Crippen molar-refractivity contribution < 1.29 is 4.79 Å². The summed E-state index contributed by atoms with van der Waals surface area (Å²) < 4.78 is 0. The molecule has 0 saturated carbocycles. The van der Waals surface area contributed by atoms with Gasteiger partial charge in [0.15, 0.2) is 5.82 Å². The number of aromatic nitrogens is 3. The van der Waals surface area contributed by atoms with E-state index in [0.29, 0.717) is 23.0 Å². The molecule has 2 N–H and O–H groups in total. The summed E-state index contributed by atoms with van der Waals surface area (Å²) in [4.78, 5) is 24.6. The van der Waals surface area contributed by atoms with E-state index >= 15 is 0 Å². The predicted octanol–water partition coefficient (Wildman–Crippen LogP) is 3.83. The molecule has 3 aromatic rings. The van der Waals surface area contributed by atoms with Gasteiger partial charge in [-0.3, -0.25) is 4.79 Å². The Morgan fingerprint density at radius 1 is 1.40 bits per heavy atom. The lowest BCUT2D eigenvalue weighted by Gasteiger charge is -2.33. The standard InChI is InChI=1S/C17H13Cl2N5O/c1-8-13-10-2-3-11(18)14(19)15(10)23-12(13)4-5-24(8)17(25)16-21-7-9(6-20)22-16/h2-3,7-8,23H,4-5H2,1H3,(H,21,22). The van der Waals surface area contributed by atoms with Crippen molar-refractivity contribution in [3.8, 4) is 6.07 Å². The van der Waals surface area contributed by atoms with Gasteiger partial charge in [-0.2, -0.15) is 5.26 Å². The van der Waals surface area contributed by atoms with Crippen molar-refractivity contribution in [2.75, 3.05) is 6.54 Å². The van der Waals surface area contributed by atoms with Crippen LogP contribution in [0.5, 0.6) is 0 Å². The number of carbonyl (C=O) groups is 1. The summed E-state index contributed by atoms with van der Waals surface area (Å²) in [7, 11) is 0. The molecule has 6 nitrogen and oxygen atoms in total. The van der Waals surface area contributed by atoms with E-state index in [0.717, 1.165) is 22.2 Å². The monoisotopic (exact) mass is 373 g/mol. The number of fused-ring (bicyclic) bond motifs is 3. The third-order valence-corrected chi connectivity index (χ3v) is 5.44. The highest BCUT2D eigenvalue weighted by atomic mass is 35.5. The van der Waals surface area contributed by atoms with Gasteiger partial charge in [-0.15, -0.1) is 0 Å². The number of benzene rings is 1. The van der Waals surface area contributed by atoms with Crippen molar-refractivity contribution in [3.05, 3.63) is 51.2 Å². The maximum absolute atomic E-state index is 12.8. The Kier molecular flexibility index (Phi) is 3.71. The number of hydrogen-bond donors (Lipinski definition) is 2. The largest absolute Gasteiger partial charge is 0.357 e. The second kappa shape index (κ2) is 5.80. The average Bonchev–Trinajstić information content (AvgIpc) is 3.23. The molecule has 0 bridgehead atoms. The molecule has 0 spiro atoms. The van der Waals surface area contributed by atoms with Crippen LogP contribution in [0.25, 0.3) is 10.9 Å². The molecule has 0 radical (unpaired) electrons. The summed E-state index contributed by atoms with van der Waals surface area (Å²) in [6.07, 6.45) is 2.04. The number of hydrogen-bond acceptors (Lipinski definition) is 3. The van der Waals surface area contributed by atoms with Crippen LogP contribution < -0.4 is 0 Å². The van der Waals surface area contributed by atoms with Gasteiger partial charge in [0.1, 0.15) is 11.8 Å². The predicted molar refractivity (Wildman–Crippen MR) is 94.8 cm³/mol. The summed E-state index contributed by atoms with van der Waals surface area (Å²) in [6.45, 7) is 2.52. The molecule has 0 aliphatic carbocycles. The minimum absolute atomic E-state index is 0.155. The van der Waals surface area contributed by atoms with Crippen molar-refractivity contribution in [2.45, 2.75) is 19.4 Å². The zero-order valence-electron chi connectivity index (χ0n) is 13.2. The fourth-order valence-corrected chi connectivity index (χ4v) is 3.80. The third-order valence-electron chi connectivity index (χ3n) is 4.63. The minimum atomic E-state index is -0.228. The molecule has 3 heterocycles. The summed E-state index contributed by atoms with van der Waals surface area (Å²) in [5.74, 6) is -0.0539. The second-order valence-corrected chi connectivity index (χ2v) is 6.77. The van der Waals surface area contributed by atoms with Gasteiger partial charge in [0, 0.05) is 29.6 Å². The van der Waals surface area contributed by atoms with Crippen LogP contribution in [0.2, 0.25) is 10.0 Å². The van der Waals surface area contributed by atoms with E-state index in [2.05, 4.69) is 15.0 Å². The molecule has 1 amide bonds. The first-order valence-electron chi connectivity index (χ1n) is 7.75. The van der Waals surface area contributed by atoms with Crippen LogP contribution >= 0.6 is 23.2 Å². The molecule has 4 rings (SSSR count). The van der Waals surface area contributed by atoms with Gasteiger partial charge in [-0.05, 0) is 13.0 Å². The summed E-state index contributed by atoms with van der Waals surface area (Å²) >= 11 is 12.4. The molecular weight excluding hydrogens is 361 g/mol. The molecule has 1 unspecified atom stereocenters. The highest BCUT2D eigenvalue weighted by molar-refractivity contribution is 6.45. The van der Waals surface area contributed by atoms with Crippen molar-refractivity contribution in [1.82, 2.24) is 19.9 Å². The van der Waals surface area contributed by atoms with Crippen molar-refractivity contribution in [1.29, 1.82) is 5.26 Å². The minimum Gasteiger partial charge on any atom is -0.357 e. The molecule has 1 atom stereocenters. The van der Waals surface area contributed by atoms with E-state index < -0.39 is 0 Å². The van der Waals surface area contributed by atoms with Gasteiger partial charge in [0.05, 0.1) is 27.8 Å². The SMILES string of the molecule is CC1c2c([nH]c3c(Cl)c(Cl)ccc23)CCN1C(=O)c1ncc(C#N)[nH]1. The number of H-pyrrole nitrogens is 2. The van der Waals surface area contributed by atoms with Gasteiger partial charge in [0.25, 0.3) is 5.91 Å². The Morgan fingerprint density at radius 3 is 2.92 bits per heavy atom. The maximum atomic E-state index is 12.8. The molecule has 126 valence electrons. The van der Waals surface area contributed by atoms with Crippen LogP contribution in [0.4, 0.5) is 0 Å². The second-order valence-electron chi connectivity index (χ2n) is 5.98. The first kappa shape index (κ1) is 16.0. The number of nitriles is 1. The number of aromatic amines is 2. The fraction of sp³-hybridized carbons (Fsp3) is 0.235. The normalized spacial score (nSPS) is 16.7. The number of nitrogens with one attached hydrogen (secondary N) is 2. The van der Waals surface area contributed by atoms with Crippen LogP contribution in [0.15, 0.2) is 18.3 Å². The van der Waals surface area contributed by atoms with Gasteiger partial charge in [-0.1, -0.05) is 29.3 Å². The highest BCUT2D eigenvalue weighted by Gasteiger charge is 2.32. The topological polar surface area (TPSA) is 88.6 Å². The number of carbonyl (C=O) groups excluding carboxylic acids is 1. The maximum Gasteiger partial charge on any atom is 0.290 e. The molecule has 1 aromatic carbocycles. The Labute approximate surface area is 153 Å². The number of nitrogens with zero attached hydrogens (tertiary/aromatic N) is 3. The summed E-state index contributed by atoms with van der Waals surface area (Å²) in [6, 6.07) is 5.47. The molecule has 25 heavy (non-hydrogen) atoms. The number of imidazole rings is 1. The van der Waals surface area contributed by atoms with Crippen molar-refractivity contribution >= 4 is 40.0 Å². The smallest absolute Gasteiger partial charge is 0.290 e. The molecule has 2 aromatic heterocycles. The van der Waals surface area contributed by atoms with Gasteiger partial charge >= 0.3 is 0 Å². The van der Waals surface area contributed by atoms with Crippen molar-refractivity contribution in [2.24, 2.45) is 0 Å². The van der Waals surface area contributed by atoms with Gasteiger partial charge < -0.3 is 14.9 Å². The Bertz CT molecular complexity index is 1050. The zero-order valence-corrected chi connectivity index (χ0v) is 14.7. The number of rotatable bonds is 1. The average molecular weight is 374 g/mol. The molecule has 0 saturated heterocycles. The Hall–Kier alpha value is -2.49. The quantitative estimate of drug-likeness (QED) is 0.679. The lowest BCUT2D eigenvalue weighted by atomic mass is 9.97. The number of amides is 1. The molecule has 1 aliphatic rings. The van der Waals surface area contributed by atoms with E-state index in [1.807, 2.05) is 19.1 Å².